The van der Waals surface area contributed by atoms with Crippen molar-refractivity contribution in [3.63, 3.8) is 0 Å². The second kappa shape index (κ2) is 5.61. The number of nitrogens with zero attached hydrogens (tertiary/aromatic N) is 2. The highest BCUT2D eigenvalue weighted by atomic mass is 79.9. The molecule has 3 aromatic rings. The molecule has 0 amide bonds. The van der Waals surface area contributed by atoms with Crippen LogP contribution < -0.4 is 4.74 Å². The van der Waals surface area contributed by atoms with Crippen molar-refractivity contribution < 1.29 is 4.74 Å². The van der Waals surface area contributed by atoms with Gasteiger partial charge in [0.1, 0.15) is 17.4 Å². The molecule has 3 nitrogen and oxygen atoms in total. The first-order valence-electron chi connectivity index (χ1n) is 5.92. The van der Waals surface area contributed by atoms with Crippen molar-refractivity contribution in [3.8, 4) is 11.8 Å². The maximum Gasteiger partial charge on any atom is 0.140 e. The van der Waals surface area contributed by atoms with Crippen LogP contribution in [0.15, 0.2) is 46.9 Å². The summed E-state index contributed by atoms with van der Waals surface area (Å²) >= 11 is 5.05. The molecule has 0 bridgehead atoms. The summed E-state index contributed by atoms with van der Waals surface area (Å²) in [6.45, 7) is 0.409. The molecule has 1 heterocycles. The van der Waals surface area contributed by atoms with Crippen LogP contribution in [0.5, 0.6) is 5.75 Å². The number of rotatable bonds is 3. The molecule has 0 aliphatic rings. The van der Waals surface area contributed by atoms with E-state index in [2.05, 4.69) is 27.0 Å². The Morgan fingerprint density at radius 3 is 3.00 bits per heavy atom. The minimum Gasteiger partial charge on any atom is -0.486 e. The van der Waals surface area contributed by atoms with Gasteiger partial charge in [-0.15, -0.1) is 11.3 Å². The summed E-state index contributed by atoms with van der Waals surface area (Å²) in [4.78, 5) is 4.53. The van der Waals surface area contributed by atoms with Crippen molar-refractivity contribution in [3.05, 3.63) is 57.5 Å². The Morgan fingerprint density at radius 2 is 2.15 bits per heavy atom. The van der Waals surface area contributed by atoms with E-state index in [1.807, 2.05) is 30.3 Å². The molecule has 2 aromatic carbocycles. The van der Waals surface area contributed by atoms with Crippen LogP contribution in [-0.2, 0) is 6.61 Å². The fourth-order valence-corrected chi connectivity index (χ4v) is 3.02. The fraction of sp³-hybridized carbons (Fsp3) is 0.0667. The van der Waals surface area contributed by atoms with Crippen LogP contribution in [0.4, 0.5) is 0 Å². The zero-order valence-corrected chi connectivity index (χ0v) is 12.7. The summed E-state index contributed by atoms with van der Waals surface area (Å²) < 4.78 is 7.83. The molecule has 0 atom stereocenters. The molecule has 0 saturated carbocycles. The van der Waals surface area contributed by atoms with E-state index in [4.69, 9.17) is 10.00 Å². The van der Waals surface area contributed by atoms with Crippen LogP contribution in [0.2, 0.25) is 0 Å². The smallest absolute Gasteiger partial charge is 0.140 e. The van der Waals surface area contributed by atoms with Gasteiger partial charge in [0.15, 0.2) is 0 Å². The highest BCUT2D eigenvalue weighted by molar-refractivity contribution is 9.10. The van der Waals surface area contributed by atoms with Gasteiger partial charge in [-0.05, 0) is 36.4 Å². The Hall–Kier alpha value is -1.90. The van der Waals surface area contributed by atoms with E-state index in [0.29, 0.717) is 17.9 Å². The van der Waals surface area contributed by atoms with Crippen LogP contribution >= 0.6 is 27.3 Å². The summed E-state index contributed by atoms with van der Waals surface area (Å²) in [6.07, 6.45) is 0. The molecule has 0 unspecified atom stereocenters. The maximum atomic E-state index is 8.85. The van der Waals surface area contributed by atoms with Crippen LogP contribution in [-0.4, -0.2) is 4.98 Å². The second-order valence-corrected chi connectivity index (χ2v) is 6.18. The van der Waals surface area contributed by atoms with E-state index in [1.54, 1.807) is 23.5 Å². The Balaban J connectivity index is 1.78. The van der Waals surface area contributed by atoms with Crippen molar-refractivity contribution >= 4 is 37.5 Å². The molecule has 0 aliphatic carbocycles. The number of nitriles is 1. The molecule has 98 valence electrons. The first kappa shape index (κ1) is 13.1. The van der Waals surface area contributed by atoms with E-state index in [9.17, 15) is 0 Å². The van der Waals surface area contributed by atoms with Crippen molar-refractivity contribution in [2.24, 2.45) is 0 Å². The molecule has 0 saturated heterocycles. The van der Waals surface area contributed by atoms with Gasteiger partial charge in [0.05, 0.1) is 21.8 Å². The van der Waals surface area contributed by atoms with Crippen molar-refractivity contribution in [2.75, 3.05) is 0 Å². The monoisotopic (exact) mass is 344 g/mol. The van der Waals surface area contributed by atoms with E-state index < -0.39 is 0 Å². The highest BCUT2D eigenvalue weighted by Gasteiger charge is 2.05. The van der Waals surface area contributed by atoms with Crippen LogP contribution in [0.25, 0.3) is 10.2 Å². The van der Waals surface area contributed by atoms with Crippen molar-refractivity contribution in [1.82, 2.24) is 4.98 Å². The van der Waals surface area contributed by atoms with Gasteiger partial charge >= 0.3 is 0 Å². The lowest BCUT2D eigenvalue weighted by Crippen LogP contribution is -1.94. The van der Waals surface area contributed by atoms with Crippen LogP contribution in [0.1, 0.15) is 10.6 Å². The van der Waals surface area contributed by atoms with Crippen LogP contribution in [0.3, 0.4) is 0 Å². The minimum atomic E-state index is 0.409. The lowest BCUT2D eigenvalue weighted by molar-refractivity contribution is 0.306. The molecule has 0 N–H and O–H groups in total. The van der Waals surface area contributed by atoms with Gasteiger partial charge in [-0.3, -0.25) is 0 Å². The molecule has 3 rings (SSSR count). The summed E-state index contributed by atoms with van der Waals surface area (Å²) in [6, 6.07) is 15.3. The molecule has 20 heavy (non-hydrogen) atoms. The molecule has 0 radical (unpaired) electrons. The highest BCUT2D eigenvalue weighted by Crippen LogP contribution is 2.26. The molecule has 0 aliphatic heterocycles. The number of benzene rings is 2. The third-order valence-electron chi connectivity index (χ3n) is 2.72. The number of hydrogen-bond acceptors (Lipinski definition) is 4. The van der Waals surface area contributed by atoms with Crippen molar-refractivity contribution in [1.29, 1.82) is 5.26 Å². The predicted octanol–water partition coefficient (Wildman–Crippen LogP) is 4.51. The van der Waals surface area contributed by atoms with Gasteiger partial charge in [-0.2, -0.15) is 5.26 Å². The number of aromatic nitrogens is 1. The summed E-state index contributed by atoms with van der Waals surface area (Å²) in [5.41, 5.74) is 1.56. The summed E-state index contributed by atoms with van der Waals surface area (Å²) in [5.74, 6) is 0.685. The Bertz CT molecular complexity index is 807. The van der Waals surface area contributed by atoms with E-state index in [0.717, 1.165) is 19.7 Å². The Labute approximate surface area is 128 Å². The minimum absolute atomic E-state index is 0.409. The third kappa shape index (κ3) is 2.82. The lowest BCUT2D eigenvalue weighted by atomic mass is 10.2. The Kier molecular flexibility index (Phi) is 3.68. The topological polar surface area (TPSA) is 45.9 Å². The summed E-state index contributed by atoms with van der Waals surface area (Å²) in [7, 11) is 0. The maximum absolute atomic E-state index is 8.85. The zero-order chi connectivity index (χ0) is 13.9. The van der Waals surface area contributed by atoms with Gasteiger partial charge in [-0.25, -0.2) is 4.98 Å². The van der Waals surface area contributed by atoms with Crippen LogP contribution in [0, 0.1) is 11.3 Å². The molecule has 0 spiro atoms. The molecule has 5 heteroatoms. The van der Waals surface area contributed by atoms with Gasteiger partial charge in [-0.1, -0.05) is 22.0 Å². The largest absolute Gasteiger partial charge is 0.486 e. The molecular formula is C15H9BrN2OS. The lowest BCUT2D eigenvalue weighted by Gasteiger charge is -2.03. The number of thiazole rings is 1. The average molecular weight is 345 g/mol. The molecule has 0 fully saturated rings. The fourth-order valence-electron chi connectivity index (χ4n) is 1.81. The molecule has 1 aromatic heterocycles. The Morgan fingerprint density at radius 1 is 1.25 bits per heavy atom. The first-order chi connectivity index (χ1) is 9.74. The average Bonchev–Trinajstić information content (AvgIpc) is 2.87. The normalized spacial score (nSPS) is 10.4. The zero-order valence-electron chi connectivity index (χ0n) is 10.3. The standard InChI is InChI=1S/C15H9BrN2OS/c16-11-4-5-14-13(7-11)18-15(20-14)9-19-12-3-1-2-10(6-12)8-17/h1-7H,9H2. The van der Waals surface area contributed by atoms with Gasteiger partial charge < -0.3 is 4.74 Å². The molecular weight excluding hydrogens is 336 g/mol. The van der Waals surface area contributed by atoms with Gasteiger partial charge in [0.2, 0.25) is 0 Å². The number of fused-ring (bicyclic) bond motifs is 1. The second-order valence-electron chi connectivity index (χ2n) is 4.15. The number of ether oxygens (including phenoxy) is 1. The van der Waals surface area contributed by atoms with Gasteiger partial charge in [0.25, 0.3) is 0 Å². The van der Waals surface area contributed by atoms with Crippen molar-refractivity contribution in [2.45, 2.75) is 6.61 Å². The van der Waals surface area contributed by atoms with E-state index in [1.165, 1.54) is 0 Å². The number of hydrogen-bond donors (Lipinski definition) is 0. The van der Waals surface area contributed by atoms with E-state index >= 15 is 0 Å². The third-order valence-corrected chi connectivity index (χ3v) is 4.22. The van der Waals surface area contributed by atoms with E-state index in [-0.39, 0.29) is 0 Å². The SMILES string of the molecule is N#Cc1cccc(OCc2nc3cc(Br)ccc3s2)c1. The first-order valence-corrected chi connectivity index (χ1v) is 7.53. The summed E-state index contributed by atoms with van der Waals surface area (Å²) in [5, 5.41) is 9.77. The van der Waals surface area contributed by atoms with Gasteiger partial charge in [0, 0.05) is 4.47 Å². The number of halogens is 1. The quantitative estimate of drug-likeness (QED) is 0.702. The predicted molar refractivity (Wildman–Crippen MR) is 82.8 cm³/mol.